The Balaban J connectivity index is 1.29. The molecule has 3 heterocycles. The molecule has 0 aliphatic heterocycles. The van der Waals surface area contributed by atoms with E-state index in [-0.39, 0.29) is 21.7 Å². The minimum absolute atomic E-state index is 0.00451. The van der Waals surface area contributed by atoms with E-state index in [9.17, 15) is 0 Å². The fourth-order valence-electron chi connectivity index (χ4n) is 8.45. The second-order valence-corrected chi connectivity index (χ2v) is 18.2. The van der Waals surface area contributed by atoms with Crippen molar-refractivity contribution >= 4 is 32.8 Å². The van der Waals surface area contributed by atoms with Gasteiger partial charge in [-0.2, -0.15) is 0 Å². The van der Waals surface area contributed by atoms with E-state index in [1.807, 2.05) is 12.3 Å². The Kier molecular flexibility index (Phi) is 7.41. The second kappa shape index (κ2) is 11.1. The van der Waals surface area contributed by atoms with Gasteiger partial charge in [-0.05, 0) is 40.4 Å². The van der Waals surface area contributed by atoms with Crippen molar-refractivity contribution in [3.05, 3.63) is 117 Å². The third kappa shape index (κ3) is 4.83. The Labute approximate surface area is 312 Å². The Morgan fingerprint density at radius 2 is 1.43 bits per heavy atom. The molecule has 1 aliphatic rings. The predicted molar refractivity (Wildman–Crippen MR) is 207 cm³/mol. The quantitative estimate of drug-likeness (QED) is 0.177. The normalized spacial score (nSPS) is 16.3. The molecular weight excluding hydrogens is 808 g/mol. The van der Waals surface area contributed by atoms with E-state index in [1.165, 1.54) is 49.6 Å². The van der Waals surface area contributed by atoms with Crippen LogP contribution in [0.15, 0.2) is 91.1 Å². The van der Waals surface area contributed by atoms with Gasteiger partial charge in [0.05, 0.1) is 0 Å². The molecule has 0 fully saturated rings. The van der Waals surface area contributed by atoms with Crippen LogP contribution in [-0.4, -0.2) is 18.7 Å². The summed E-state index contributed by atoms with van der Waals surface area (Å²) in [5, 5.41) is 2.45. The van der Waals surface area contributed by atoms with Gasteiger partial charge in [0.1, 0.15) is 0 Å². The fourth-order valence-corrected chi connectivity index (χ4v) is 9.30. The number of nitrogens with zero attached hydrogens (tertiary/aromatic N) is 4. The van der Waals surface area contributed by atoms with E-state index in [0.717, 1.165) is 32.3 Å². The topological polar surface area (TPSA) is 36.9 Å². The van der Waals surface area contributed by atoms with Crippen LogP contribution in [0.2, 0.25) is 0 Å². The van der Waals surface area contributed by atoms with Gasteiger partial charge in [-0.1, -0.05) is 47.6 Å². The molecule has 1 aliphatic carbocycles. The molecule has 0 spiro atoms. The summed E-state index contributed by atoms with van der Waals surface area (Å²) in [5.41, 5.74) is 11.2. The zero-order valence-electron chi connectivity index (χ0n) is 31.7. The van der Waals surface area contributed by atoms with Crippen molar-refractivity contribution in [1.29, 1.82) is 0 Å². The summed E-state index contributed by atoms with van der Waals surface area (Å²) in [6.07, 6.45) is 1.92. The standard InChI is InChI=1S/C45H48N4O.Pt/c1-28-21-22-46-39(23-28)49-37-26-32(16-17-33(37)34-18-19-35-40(41(34)49)44(7,8)45(9,10)43(35,5)6)50-31-14-12-13-30(25-31)48-27-47(11)38-24-29(42(2,3)4)15-20-36(38)48;/h12-26H,1-11H3;. The molecule has 0 bridgehead atoms. The first-order valence-electron chi connectivity index (χ1n) is 17.9. The first-order chi connectivity index (χ1) is 23.9. The third-order valence-electron chi connectivity index (χ3n) is 12.6. The Bertz CT molecular complexity index is 2620. The van der Waals surface area contributed by atoms with Crippen molar-refractivity contribution in [2.24, 2.45) is 12.5 Å². The van der Waals surface area contributed by atoms with Gasteiger partial charge >= 0.3 is 220 Å². The molecule has 3 aromatic heterocycles. The van der Waals surface area contributed by atoms with Crippen LogP contribution in [0.25, 0.3) is 44.3 Å². The molecule has 5 nitrogen and oxygen atoms in total. The molecule has 6 heteroatoms. The number of fused-ring (bicyclic) bond motifs is 6. The smallest absolute Gasteiger partial charge is 0.0582 e. The number of benzene rings is 4. The maximum absolute atomic E-state index is 6.73. The van der Waals surface area contributed by atoms with E-state index in [1.54, 1.807) is 0 Å². The van der Waals surface area contributed by atoms with Crippen LogP contribution in [0.5, 0.6) is 11.5 Å². The zero-order chi connectivity index (χ0) is 36.4. The van der Waals surface area contributed by atoms with E-state index in [4.69, 9.17) is 9.72 Å². The SMILES string of the molecule is Cc1ccnc(-n2c3cc(Oc4cccc(-n5[c](=[Pt])n(C)c6cc(C(C)(C)C)ccc65)c4)ccc3c3ccc4c(c32)C(C)(C)C(C)(C)C4(C)C)c1. The molecule has 51 heavy (non-hydrogen) atoms. The molecule has 0 unspecified atom stereocenters. The van der Waals surface area contributed by atoms with E-state index in [2.05, 4.69) is 188 Å². The number of aromatic nitrogens is 4. The molecule has 264 valence electrons. The van der Waals surface area contributed by atoms with Gasteiger partial charge in [-0.3, -0.25) is 0 Å². The van der Waals surface area contributed by atoms with Gasteiger partial charge in [-0.15, -0.1) is 0 Å². The summed E-state index contributed by atoms with van der Waals surface area (Å²) in [6.45, 7) is 23.4. The summed E-state index contributed by atoms with van der Waals surface area (Å²) in [6, 6.07) is 30.8. The molecule has 0 saturated carbocycles. The van der Waals surface area contributed by atoms with Crippen LogP contribution < -0.4 is 4.74 Å². The summed E-state index contributed by atoms with van der Waals surface area (Å²) in [5.74, 6) is 2.51. The first kappa shape index (κ1) is 33.9. The zero-order valence-corrected chi connectivity index (χ0v) is 33.9. The first-order valence-corrected chi connectivity index (χ1v) is 19.1. The average molecular weight is 856 g/mol. The van der Waals surface area contributed by atoms with Crippen LogP contribution in [0.1, 0.15) is 84.6 Å². The molecule has 0 atom stereocenters. The van der Waals surface area contributed by atoms with Gasteiger partial charge < -0.3 is 0 Å². The molecule has 0 amide bonds. The number of aryl methyl sites for hydroxylation is 2. The number of hydrogen-bond donors (Lipinski definition) is 0. The molecule has 0 N–H and O–H groups in total. The summed E-state index contributed by atoms with van der Waals surface area (Å²) < 4.78 is 14.8. The molecular formula is C45H48N4OPt. The van der Waals surface area contributed by atoms with Crippen molar-refractivity contribution < 1.29 is 24.1 Å². The maximum atomic E-state index is 6.73. The average Bonchev–Trinajstić information content (AvgIpc) is 3.56. The van der Waals surface area contributed by atoms with Crippen LogP contribution in [0, 0.1) is 16.1 Å². The van der Waals surface area contributed by atoms with E-state index >= 15 is 0 Å². The number of pyridine rings is 1. The molecule has 8 rings (SSSR count). The van der Waals surface area contributed by atoms with Crippen LogP contribution in [0.3, 0.4) is 0 Å². The third-order valence-corrected chi connectivity index (χ3v) is 13.9. The monoisotopic (exact) mass is 855 g/mol. The Morgan fingerprint density at radius 3 is 2.16 bits per heavy atom. The Morgan fingerprint density at radius 1 is 0.706 bits per heavy atom. The number of imidazole rings is 1. The van der Waals surface area contributed by atoms with E-state index in [0.29, 0.717) is 0 Å². The van der Waals surface area contributed by atoms with Gasteiger partial charge in [0, 0.05) is 6.20 Å². The van der Waals surface area contributed by atoms with Gasteiger partial charge in [-0.25, -0.2) is 0 Å². The Hall–Kier alpha value is -4.21. The second-order valence-electron chi connectivity index (χ2n) is 17.2. The van der Waals surface area contributed by atoms with Crippen molar-refractivity contribution in [1.82, 2.24) is 18.7 Å². The molecule has 0 saturated heterocycles. The van der Waals surface area contributed by atoms with Crippen LogP contribution >= 0.6 is 0 Å². The number of ether oxygens (including phenoxy) is 1. The number of hydrogen-bond acceptors (Lipinski definition) is 2. The predicted octanol–water partition coefficient (Wildman–Crippen LogP) is 11.5. The minimum atomic E-state index is -0.0772. The van der Waals surface area contributed by atoms with E-state index < -0.39 is 0 Å². The fraction of sp³-hybridized carbons (Fsp3) is 0.333. The van der Waals surface area contributed by atoms with Gasteiger partial charge in [0.25, 0.3) is 0 Å². The molecule has 4 aromatic carbocycles. The van der Waals surface area contributed by atoms with Crippen molar-refractivity contribution in [3.8, 4) is 23.0 Å². The van der Waals surface area contributed by atoms with Crippen molar-refractivity contribution in [2.45, 2.75) is 85.5 Å². The van der Waals surface area contributed by atoms with Crippen molar-refractivity contribution in [3.63, 3.8) is 0 Å². The summed E-state index contributed by atoms with van der Waals surface area (Å²) >= 11 is 2.43. The molecule has 7 aromatic rings. The number of rotatable bonds is 4. The van der Waals surface area contributed by atoms with Gasteiger partial charge in [0.15, 0.2) is 0 Å². The van der Waals surface area contributed by atoms with Crippen molar-refractivity contribution in [2.75, 3.05) is 0 Å². The van der Waals surface area contributed by atoms with Gasteiger partial charge in [0.2, 0.25) is 0 Å². The summed E-state index contributed by atoms with van der Waals surface area (Å²) in [4.78, 5) is 4.96. The summed E-state index contributed by atoms with van der Waals surface area (Å²) in [7, 11) is 2.14. The van der Waals surface area contributed by atoms with Crippen LogP contribution in [0.4, 0.5) is 0 Å². The van der Waals surface area contributed by atoms with Crippen LogP contribution in [-0.2, 0) is 42.6 Å². The molecule has 0 radical (unpaired) electrons. The minimum Gasteiger partial charge on any atom is -0.0582 e.